The minimum atomic E-state index is -2.97. The Kier molecular flexibility index (Phi) is 4.96. The number of halogens is 4. The SMILES string of the molecule is O=c1cc(-c2nnc(C(F)F)o2)ccn1Cc1cc(OC(F)F)ccn1. The molecular formula is C15H10F4N4O3. The van der Waals surface area contributed by atoms with Crippen LogP contribution in [-0.2, 0) is 6.54 Å². The van der Waals surface area contributed by atoms with E-state index < -0.39 is 24.5 Å². The zero-order valence-corrected chi connectivity index (χ0v) is 12.9. The maximum atomic E-state index is 12.5. The van der Waals surface area contributed by atoms with Crippen LogP contribution in [-0.4, -0.2) is 26.4 Å². The van der Waals surface area contributed by atoms with Crippen molar-refractivity contribution in [2.24, 2.45) is 0 Å². The molecule has 0 amide bonds. The highest BCUT2D eigenvalue weighted by Crippen LogP contribution is 2.22. The Morgan fingerprint density at radius 1 is 1.15 bits per heavy atom. The van der Waals surface area contributed by atoms with E-state index >= 15 is 0 Å². The first-order valence-corrected chi connectivity index (χ1v) is 7.14. The number of hydrogen-bond acceptors (Lipinski definition) is 6. The first-order valence-electron chi connectivity index (χ1n) is 7.14. The number of hydrogen-bond donors (Lipinski definition) is 0. The van der Waals surface area contributed by atoms with Crippen LogP contribution < -0.4 is 10.3 Å². The summed E-state index contributed by atoms with van der Waals surface area (Å²) in [4.78, 5) is 16.1. The van der Waals surface area contributed by atoms with Crippen LogP contribution in [0.3, 0.4) is 0 Å². The maximum absolute atomic E-state index is 12.5. The van der Waals surface area contributed by atoms with E-state index in [1.807, 2.05) is 0 Å². The number of rotatable bonds is 6. The van der Waals surface area contributed by atoms with E-state index in [-0.39, 0.29) is 23.7 Å². The predicted octanol–water partition coefficient (Wildman–Crippen LogP) is 2.88. The lowest BCUT2D eigenvalue weighted by Crippen LogP contribution is -2.19. The molecule has 0 N–H and O–H groups in total. The van der Waals surface area contributed by atoms with Gasteiger partial charge in [-0.15, -0.1) is 10.2 Å². The molecule has 0 atom stereocenters. The van der Waals surface area contributed by atoms with E-state index in [9.17, 15) is 22.4 Å². The highest BCUT2D eigenvalue weighted by atomic mass is 19.3. The van der Waals surface area contributed by atoms with Crippen molar-refractivity contribution in [2.45, 2.75) is 19.6 Å². The van der Waals surface area contributed by atoms with E-state index in [0.717, 1.165) is 6.07 Å². The van der Waals surface area contributed by atoms with Crippen LogP contribution in [0, 0.1) is 0 Å². The monoisotopic (exact) mass is 370 g/mol. The van der Waals surface area contributed by atoms with Gasteiger partial charge >= 0.3 is 13.0 Å². The van der Waals surface area contributed by atoms with E-state index in [0.29, 0.717) is 5.69 Å². The lowest BCUT2D eigenvalue weighted by Gasteiger charge is -2.08. The second-order valence-corrected chi connectivity index (χ2v) is 4.99. The molecule has 7 nitrogen and oxygen atoms in total. The fraction of sp³-hybridized carbons (Fsp3) is 0.200. The predicted molar refractivity (Wildman–Crippen MR) is 78.9 cm³/mol. The van der Waals surface area contributed by atoms with Gasteiger partial charge in [-0.2, -0.15) is 17.6 Å². The Morgan fingerprint density at radius 2 is 1.96 bits per heavy atom. The van der Waals surface area contributed by atoms with Gasteiger partial charge in [-0.1, -0.05) is 0 Å². The van der Waals surface area contributed by atoms with E-state index in [1.165, 1.54) is 35.2 Å². The van der Waals surface area contributed by atoms with Gasteiger partial charge in [0.1, 0.15) is 5.75 Å². The zero-order valence-electron chi connectivity index (χ0n) is 12.9. The van der Waals surface area contributed by atoms with Crippen molar-refractivity contribution >= 4 is 0 Å². The molecule has 3 rings (SSSR count). The fourth-order valence-electron chi connectivity index (χ4n) is 2.10. The van der Waals surface area contributed by atoms with Crippen LogP contribution in [0.5, 0.6) is 5.75 Å². The second kappa shape index (κ2) is 7.33. The van der Waals surface area contributed by atoms with Gasteiger partial charge in [-0.05, 0) is 12.1 Å². The number of alkyl halides is 4. The third-order valence-corrected chi connectivity index (χ3v) is 3.22. The fourth-order valence-corrected chi connectivity index (χ4v) is 2.10. The van der Waals surface area contributed by atoms with Crippen molar-refractivity contribution in [1.29, 1.82) is 0 Å². The summed E-state index contributed by atoms with van der Waals surface area (Å²) in [5.41, 5.74) is -0.00884. The summed E-state index contributed by atoms with van der Waals surface area (Å²) in [6.45, 7) is -2.98. The molecule has 11 heteroatoms. The molecule has 0 saturated carbocycles. The molecule has 3 heterocycles. The summed E-state index contributed by atoms with van der Waals surface area (Å²) < 4.78 is 59.7. The summed E-state index contributed by atoms with van der Waals surface area (Å²) >= 11 is 0. The van der Waals surface area contributed by atoms with Crippen LogP contribution in [0.25, 0.3) is 11.5 Å². The average molecular weight is 370 g/mol. The Bertz CT molecular complexity index is 958. The molecule has 3 aromatic heterocycles. The maximum Gasteiger partial charge on any atom is 0.387 e. The van der Waals surface area contributed by atoms with Crippen molar-refractivity contribution in [2.75, 3.05) is 0 Å². The molecule has 0 radical (unpaired) electrons. The molecular weight excluding hydrogens is 360 g/mol. The molecule has 0 bridgehead atoms. The lowest BCUT2D eigenvalue weighted by atomic mass is 10.2. The summed E-state index contributed by atoms with van der Waals surface area (Å²) in [6, 6.07) is 5.09. The van der Waals surface area contributed by atoms with E-state index in [4.69, 9.17) is 4.42 Å². The number of nitrogens with zero attached hydrogens (tertiary/aromatic N) is 4. The van der Waals surface area contributed by atoms with Gasteiger partial charge in [0, 0.05) is 30.1 Å². The quantitative estimate of drug-likeness (QED) is 0.621. The minimum Gasteiger partial charge on any atom is -0.435 e. The Balaban J connectivity index is 1.81. The van der Waals surface area contributed by atoms with Crippen molar-refractivity contribution in [3.05, 3.63) is 58.6 Å². The van der Waals surface area contributed by atoms with Crippen LogP contribution >= 0.6 is 0 Å². The highest BCUT2D eigenvalue weighted by Gasteiger charge is 2.17. The van der Waals surface area contributed by atoms with Gasteiger partial charge in [-0.25, -0.2) is 0 Å². The Hall–Kier alpha value is -3.24. The molecule has 0 unspecified atom stereocenters. The molecule has 0 fully saturated rings. The minimum absolute atomic E-state index is 0.00827. The molecule has 0 spiro atoms. The highest BCUT2D eigenvalue weighted by molar-refractivity contribution is 5.51. The molecule has 26 heavy (non-hydrogen) atoms. The van der Waals surface area contributed by atoms with E-state index in [2.05, 4.69) is 19.9 Å². The first kappa shape index (κ1) is 17.6. The molecule has 136 valence electrons. The number of ether oxygens (including phenoxy) is 1. The van der Waals surface area contributed by atoms with Crippen molar-refractivity contribution in [3.8, 4) is 17.2 Å². The summed E-state index contributed by atoms with van der Waals surface area (Å²) in [5, 5.41) is 6.64. The van der Waals surface area contributed by atoms with Crippen LogP contribution in [0.4, 0.5) is 17.6 Å². The van der Waals surface area contributed by atoms with Crippen molar-refractivity contribution in [1.82, 2.24) is 19.7 Å². The van der Waals surface area contributed by atoms with E-state index in [1.54, 1.807) is 0 Å². The average Bonchev–Trinajstić information content (AvgIpc) is 3.07. The smallest absolute Gasteiger partial charge is 0.387 e. The molecule has 0 aromatic carbocycles. The van der Waals surface area contributed by atoms with Crippen molar-refractivity contribution < 1.29 is 26.7 Å². The standard InChI is InChI=1S/C15H10F4N4O3/c16-12(17)14-22-21-13(26-14)8-2-4-23(11(24)5-8)7-9-6-10(1-3-20-9)25-15(18)19/h1-6,12,15H,7H2. The summed E-state index contributed by atoms with van der Waals surface area (Å²) in [5.74, 6) is -1.14. The topological polar surface area (TPSA) is 83.0 Å². The lowest BCUT2D eigenvalue weighted by molar-refractivity contribution is -0.0499. The third kappa shape index (κ3) is 4.05. The van der Waals surface area contributed by atoms with Gasteiger partial charge in [0.25, 0.3) is 11.4 Å². The Morgan fingerprint density at radius 3 is 2.62 bits per heavy atom. The number of pyridine rings is 2. The van der Waals surface area contributed by atoms with Crippen LogP contribution in [0.2, 0.25) is 0 Å². The largest absolute Gasteiger partial charge is 0.435 e. The molecule has 0 aliphatic rings. The van der Waals surface area contributed by atoms with Crippen LogP contribution in [0.15, 0.2) is 45.9 Å². The zero-order chi connectivity index (χ0) is 18.7. The first-order chi connectivity index (χ1) is 12.4. The Labute approximate surface area is 142 Å². The summed E-state index contributed by atoms with van der Waals surface area (Å²) in [6.07, 6.45) is -0.270. The molecule has 0 aliphatic carbocycles. The summed E-state index contributed by atoms with van der Waals surface area (Å²) in [7, 11) is 0. The molecule has 0 saturated heterocycles. The van der Waals surface area contributed by atoms with Gasteiger partial charge in [0.15, 0.2) is 0 Å². The molecule has 0 aliphatic heterocycles. The van der Waals surface area contributed by atoms with Crippen molar-refractivity contribution in [3.63, 3.8) is 0 Å². The number of aromatic nitrogens is 4. The van der Waals surface area contributed by atoms with Gasteiger partial charge in [-0.3, -0.25) is 9.78 Å². The van der Waals surface area contributed by atoms with Gasteiger partial charge < -0.3 is 13.7 Å². The third-order valence-electron chi connectivity index (χ3n) is 3.22. The van der Waals surface area contributed by atoms with Crippen LogP contribution in [0.1, 0.15) is 18.0 Å². The second-order valence-electron chi connectivity index (χ2n) is 4.99. The van der Waals surface area contributed by atoms with Gasteiger partial charge in [0.2, 0.25) is 5.89 Å². The molecule has 3 aromatic rings. The van der Waals surface area contributed by atoms with Gasteiger partial charge in [0.05, 0.1) is 12.2 Å². The normalized spacial score (nSPS) is 11.3.